The minimum Gasteiger partial charge on any atom is -0.360 e. The molecule has 1 heterocycles. The number of nitrogens with zero attached hydrogens (tertiary/aromatic N) is 3. The zero-order chi connectivity index (χ0) is 20.8. The number of aryl methyl sites for hydroxylation is 1. The smallest absolute Gasteiger partial charge is 0.282 e. The van der Waals surface area contributed by atoms with E-state index in [0.29, 0.717) is 6.54 Å². The van der Waals surface area contributed by atoms with Gasteiger partial charge in [-0.15, -0.1) is 0 Å². The summed E-state index contributed by atoms with van der Waals surface area (Å²) in [7, 11) is 0. The molecule has 1 saturated heterocycles. The van der Waals surface area contributed by atoms with Crippen LogP contribution in [0.4, 0.5) is 15.8 Å². The molecule has 0 aromatic heterocycles. The lowest BCUT2D eigenvalue weighted by Gasteiger charge is -2.35. The summed E-state index contributed by atoms with van der Waals surface area (Å²) in [6.45, 7) is 8.24. The lowest BCUT2D eigenvalue weighted by molar-refractivity contribution is -0.892. The van der Waals surface area contributed by atoms with Crippen LogP contribution in [0.5, 0.6) is 0 Å². The Hall–Kier alpha value is -2.91. The molecule has 3 rings (SSSR count). The van der Waals surface area contributed by atoms with E-state index in [-0.39, 0.29) is 24.6 Å². The Morgan fingerprint density at radius 2 is 1.90 bits per heavy atom. The number of anilines is 2. The van der Waals surface area contributed by atoms with Crippen LogP contribution in [0, 0.1) is 31.0 Å². The average molecular weight is 396 g/mol. The molecule has 0 aliphatic carbocycles. The third kappa shape index (κ3) is 4.93. The maximum atomic E-state index is 14.2. The number of carbonyl (C=O) groups excluding carboxylic acids is 1. The minimum absolute atomic E-state index is 0.138. The van der Waals surface area contributed by atoms with Crippen LogP contribution < -0.4 is 14.7 Å². The van der Waals surface area contributed by atoms with Crippen LogP contribution in [-0.4, -0.2) is 45.2 Å². The van der Waals surface area contributed by atoms with Gasteiger partial charge in [0.2, 0.25) is 0 Å². The number of hydrogen-bond donors (Lipinski definition) is 1. The second-order valence-electron chi connectivity index (χ2n) is 7.54. The normalized spacial score (nSPS) is 14.5. The maximum Gasteiger partial charge on any atom is 0.282 e. The molecular formula is C23H28FN4O+. The molecule has 0 unspecified atom stereocenters. The number of hydrogen-bond acceptors (Lipinski definition) is 3. The quantitative estimate of drug-likeness (QED) is 0.815. The monoisotopic (exact) mass is 395 g/mol. The maximum absolute atomic E-state index is 14.2. The number of quaternary nitrogens is 1. The van der Waals surface area contributed by atoms with E-state index in [9.17, 15) is 9.18 Å². The van der Waals surface area contributed by atoms with Crippen molar-refractivity contribution in [3.63, 3.8) is 0 Å². The minimum atomic E-state index is -0.437. The van der Waals surface area contributed by atoms with E-state index < -0.39 is 5.82 Å². The van der Waals surface area contributed by atoms with E-state index in [4.69, 9.17) is 5.26 Å². The van der Waals surface area contributed by atoms with Crippen molar-refractivity contribution in [2.45, 2.75) is 20.3 Å². The van der Waals surface area contributed by atoms with Gasteiger partial charge in [0.15, 0.2) is 6.54 Å². The van der Waals surface area contributed by atoms with Crippen molar-refractivity contribution in [1.82, 2.24) is 0 Å². The van der Waals surface area contributed by atoms with Gasteiger partial charge in [-0.05, 0) is 43.2 Å². The van der Waals surface area contributed by atoms with Gasteiger partial charge in [0.1, 0.15) is 5.82 Å². The third-order valence-corrected chi connectivity index (χ3v) is 5.68. The van der Waals surface area contributed by atoms with Gasteiger partial charge in [0.05, 0.1) is 44.4 Å². The highest BCUT2D eigenvalue weighted by molar-refractivity contribution is 5.94. The zero-order valence-corrected chi connectivity index (χ0v) is 17.1. The number of halogens is 1. The summed E-state index contributed by atoms with van der Waals surface area (Å²) in [5.41, 5.74) is 4.10. The van der Waals surface area contributed by atoms with Crippen molar-refractivity contribution in [3.8, 4) is 6.07 Å². The Labute approximate surface area is 171 Å². The molecule has 1 fully saturated rings. The molecule has 152 valence electrons. The number of piperazine rings is 1. The summed E-state index contributed by atoms with van der Waals surface area (Å²) >= 11 is 0. The SMILES string of the molecule is Cc1cccc(N2CC[NH+](CC(=O)N(CCC#N)c3ccccc3F)CC2)c1C. The predicted octanol–water partition coefficient (Wildman–Crippen LogP) is 2.09. The molecule has 0 radical (unpaired) electrons. The fraction of sp³-hybridized carbons (Fsp3) is 0.391. The van der Waals surface area contributed by atoms with Crippen LogP contribution in [0.15, 0.2) is 42.5 Å². The lowest BCUT2D eigenvalue weighted by atomic mass is 10.1. The van der Waals surface area contributed by atoms with E-state index >= 15 is 0 Å². The van der Waals surface area contributed by atoms with E-state index in [2.05, 4.69) is 36.9 Å². The van der Waals surface area contributed by atoms with Gasteiger partial charge in [0, 0.05) is 12.2 Å². The summed E-state index contributed by atoms with van der Waals surface area (Å²) in [6.07, 6.45) is 0.176. The molecule has 0 bridgehead atoms. The Bertz CT molecular complexity index is 900. The number of nitriles is 1. The van der Waals surface area contributed by atoms with Gasteiger partial charge in [0.25, 0.3) is 5.91 Å². The van der Waals surface area contributed by atoms with E-state index in [1.54, 1.807) is 18.2 Å². The molecular weight excluding hydrogens is 367 g/mol. The van der Waals surface area contributed by atoms with Crippen LogP contribution >= 0.6 is 0 Å². The first-order chi connectivity index (χ1) is 14.0. The van der Waals surface area contributed by atoms with Crippen LogP contribution in [-0.2, 0) is 4.79 Å². The standard InChI is InChI=1S/C23H27FN4O/c1-18-7-5-10-21(19(18)2)27-15-13-26(14-16-27)17-23(29)28(12-6-11-25)22-9-4-3-8-20(22)24/h3-5,7-10H,6,12-17H2,1-2H3/p+1. The second-order valence-corrected chi connectivity index (χ2v) is 7.54. The fourth-order valence-corrected chi connectivity index (χ4v) is 3.84. The van der Waals surface area contributed by atoms with E-state index in [1.807, 2.05) is 6.07 Å². The summed E-state index contributed by atoms with van der Waals surface area (Å²) in [4.78, 5) is 17.9. The van der Waals surface area contributed by atoms with Crippen molar-refractivity contribution in [1.29, 1.82) is 5.26 Å². The van der Waals surface area contributed by atoms with Gasteiger partial charge in [-0.2, -0.15) is 5.26 Å². The molecule has 6 heteroatoms. The van der Waals surface area contributed by atoms with Crippen molar-refractivity contribution in [2.75, 3.05) is 49.1 Å². The first-order valence-electron chi connectivity index (χ1n) is 10.1. The van der Waals surface area contributed by atoms with E-state index in [1.165, 1.54) is 32.7 Å². The number of carbonyl (C=O) groups is 1. The largest absolute Gasteiger partial charge is 0.360 e. The molecule has 1 amide bonds. The van der Waals surface area contributed by atoms with Gasteiger partial charge in [-0.25, -0.2) is 4.39 Å². The fourth-order valence-electron chi connectivity index (χ4n) is 3.84. The Balaban J connectivity index is 1.64. The molecule has 1 N–H and O–H groups in total. The van der Waals surface area contributed by atoms with Gasteiger partial charge in [-0.3, -0.25) is 4.79 Å². The predicted molar refractivity (Wildman–Crippen MR) is 113 cm³/mol. The molecule has 29 heavy (non-hydrogen) atoms. The molecule has 5 nitrogen and oxygen atoms in total. The van der Waals surface area contributed by atoms with Gasteiger partial charge in [-0.1, -0.05) is 24.3 Å². The van der Waals surface area contributed by atoms with Crippen LogP contribution in [0.25, 0.3) is 0 Å². The Morgan fingerprint density at radius 1 is 1.17 bits per heavy atom. The molecule has 2 aromatic carbocycles. The van der Waals surface area contributed by atoms with Crippen LogP contribution in [0.1, 0.15) is 17.5 Å². The van der Waals surface area contributed by atoms with Crippen LogP contribution in [0.3, 0.4) is 0 Å². The van der Waals surface area contributed by atoms with Gasteiger partial charge < -0.3 is 14.7 Å². The zero-order valence-electron chi connectivity index (χ0n) is 17.1. The first-order valence-corrected chi connectivity index (χ1v) is 10.1. The van der Waals surface area contributed by atoms with E-state index in [0.717, 1.165) is 26.2 Å². The molecule has 1 aliphatic heterocycles. The molecule has 1 aliphatic rings. The Morgan fingerprint density at radius 3 is 2.59 bits per heavy atom. The number of amides is 1. The lowest BCUT2D eigenvalue weighted by Crippen LogP contribution is -3.16. The molecule has 0 spiro atoms. The summed E-state index contributed by atoms with van der Waals surface area (Å²) in [5.74, 6) is -0.575. The third-order valence-electron chi connectivity index (χ3n) is 5.68. The highest BCUT2D eigenvalue weighted by Crippen LogP contribution is 2.22. The average Bonchev–Trinajstić information content (AvgIpc) is 2.72. The van der Waals surface area contributed by atoms with Crippen molar-refractivity contribution in [3.05, 3.63) is 59.4 Å². The van der Waals surface area contributed by atoms with Crippen LogP contribution in [0.2, 0.25) is 0 Å². The summed E-state index contributed by atoms with van der Waals surface area (Å²) in [6, 6.07) is 14.7. The number of para-hydroxylation sites is 1. The molecule has 2 aromatic rings. The summed E-state index contributed by atoms with van der Waals surface area (Å²) < 4.78 is 14.2. The molecule has 0 atom stereocenters. The topological polar surface area (TPSA) is 51.8 Å². The highest BCUT2D eigenvalue weighted by atomic mass is 19.1. The number of benzene rings is 2. The second kappa shape index (κ2) is 9.53. The highest BCUT2D eigenvalue weighted by Gasteiger charge is 2.27. The van der Waals surface area contributed by atoms with Crippen molar-refractivity contribution < 1.29 is 14.1 Å². The number of nitrogens with one attached hydrogen (secondary N) is 1. The first kappa shape index (κ1) is 20.8. The number of rotatable bonds is 6. The van der Waals surface area contributed by atoms with Crippen molar-refractivity contribution >= 4 is 17.3 Å². The van der Waals surface area contributed by atoms with Gasteiger partial charge >= 0.3 is 0 Å². The van der Waals surface area contributed by atoms with Crippen molar-refractivity contribution in [2.24, 2.45) is 0 Å². The molecule has 0 saturated carbocycles. The Kier molecular flexibility index (Phi) is 6.84. The summed E-state index contributed by atoms with van der Waals surface area (Å²) in [5, 5.41) is 8.92.